The Morgan fingerprint density at radius 3 is 2.72 bits per heavy atom. The van der Waals surface area contributed by atoms with Gasteiger partial charge < -0.3 is 19.9 Å². The number of hydrogen-bond donors (Lipinski definition) is 1. The highest BCUT2D eigenvalue weighted by molar-refractivity contribution is 5.27. The van der Waals surface area contributed by atoms with Gasteiger partial charge in [0.15, 0.2) is 0 Å². The SMILES string of the molecule is COCC(N)Cc1nc(N2CCCCCC2)no1. The first-order valence-corrected chi connectivity index (χ1v) is 6.61. The summed E-state index contributed by atoms with van der Waals surface area (Å²) in [5, 5.41) is 4.04. The molecule has 2 heterocycles. The van der Waals surface area contributed by atoms with Gasteiger partial charge in [0.05, 0.1) is 6.61 Å². The van der Waals surface area contributed by atoms with Crippen LogP contribution >= 0.6 is 0 Å². The maximum Gasteiger partial charge on any atom is 0.266 e. The van der Waals surface area contributed by atoms with Crippen LogP contribution in [-0.2, 0) is 11.2 Å². The van der Waals surface area contributed by atoms with Gasteiger partial charge in [-0.25, -0.2) is 0 Å². The summed E-state index contributed by atoms with van der Waals surface area (Å²) in [5.41, 5.74) is 5.86. The summed E-state index contributed by atoms with van der Waals surface area (Å²) in [5.74, 6) is 1.30. The number of methoxy groups -OCH3 is 1. The van der Waals surface area contributed by atoms with Crippen molar-refractivity contribution >= 4 is 5.95 Å². The Bertz CT molecular complexity index is 348. The number of aromatic nitrogens is 2. The van der Waals surface area contributed by atoms with Crippen molar-refractivity contribution in [3.05, 3.63) is 5.89 Å². The standard InChI is InChI=1S/C12H22N4O2/c1-17-9-10(13)8-11-14-12(15-18-11)16-6-4-2-3-5-7-16/h10H,2-9,13H2,1H3. The zero-order valence-electron chi connectivity index (χ0n) is 11.0. The summed E-state index contributed by atoms with van der Waals surface area (Å²) in [4.78, 5) is 6.61. The van der Waals surface area contributed by atoms with Gasteiger partial charge in [-0.2, -0.15) is 4.98 Å². The molecule has 2 rings (SSSR count). The molecule has 0 amide bonds. The van der Waals surface area contributed by atoms with Crippen LogP contribution < -0.4 is 10.6 Å². The third-order valence-corrected chi connectivity index (χ3v) is 3.16. The van der Waals surface area contributed by atoms with E-state index in [1.54, 1.807) is 7.11 Å². The van der Waals surface area contributed by atoms with Crippen LogP contribution in [0.25, 0.3) is 0 Å². The Balaban J connectivity index is 1.92. The highest BCUT2D eigenvalue weighted by Crippen LogP contribution is 2.16. The lowest BCUT2D eigenvalue weighted by Gasteiger charge is -2.16. The average molecular weight is 254 g/mol. The van der Waals surface area contributed by atoms with Crippen molar-refractivity contribution in [2.24, 2.45) is 5.73 Å². The van der Waals surface area contributed by atoms with Gasteiger partial charge in [0.2, 0.25) is 5.89 Å². The summed E-state index contributed by atoms with van der Waals surface area (Å²) in [6, 6.07) is -0.0903. The van der Waals surface area contributed by atoms with Crippen molar-refractivity contribution < 1.29 is 9.26 Å². The molecule has 6 heteroatoms. The third kappa shape index (κ3) is 3.68. The fraction of sp³-hybridized carbons (Fsp3) is 0.833. The van der Waals surface area contributed by atoms with Crippen LogP contribution in [0.5, 0.6) is 0 Å². The fourth-order valence-electron chi connectivity index (χ4n) is 2.23. The molecule has 1 fully saturated rings. The molecule has 0 saturated carbocycles. The van der Waals surface area contributed by atoms with Gasteiger partial charge in [-0.1, -0.05) is 12.8 Å². The van der Waals surface area contributed by atoms with E-state index in [-0.39, 0.29) is 6.04 Å². The van der Waals surface area contributed by atoms with Gasteiger partial charge in [0, 0.05) is 32.7 Å². The Morgan fingerprint density at radius 1 is 1.33 bits per heavy atom. The minimum Gasteiger partial charge on any atom is -0.383 e. The highest BCUT2D eigenvalue weighted by Gasteiger charge is 2.17. The lowest BCUT2D eigenvalue weighted by molar-refractivity contribution is 0.176. The first kappa shape index (κ1) is 13.3. The van der Waals surface area contributed by atoms with Gasteiger partial charge in [-0.05, 0) is 18.0 Å². The Hall–Kier alpha value is -1.14. The number of nitrogens with zero attached hydrogens (tertiary/aromatic N) is 3. The van der Waals surface area contributed by atoms with E-state index in [0.717, 1.165) is 13.1 Å². The Labute approximate surface area is 107 Å². The number of anilines is 1. The molecule has 6 nitrogen and oxygen atoms in total. The molecule has 1 saturated heterocycles. The average Bonchev–Trinajstić information content (AvgIpc) is 2.64. The molecule has 1 aromatic heterocycles. The third-order valence-electron chi connectivity index (χ3n) is 3.16. The Morgan fingerprint density at radius 2 is 2.06 bits per heavy atom. The number of rotatable bonds is 5. The molecular formula is C12H22N4O2. The minimum atomic E-state index is -0.0903. The predicted molar refractivity (Wildman–Crippen MR) is 68.5 cm³/mol. The van der Waals surface area contributed by atoms with E-state index >= 15 is 0 Å². The van der Waals surface area contributed by atoms with Crippen molar-refractivity contribution in [2.75, 3.05) is 31.7 Å². The number of hydrogen-bond acceptors (Lipinski definition) is 6. The molecule has 0 spiro atoms. The molecule has 0 bridgehead atoms. The zero-order chi connectivity index (χ0) is 12.8. The predicted octanol–water partition coefficient (Wildman–Crippen LogP) is 0.966. The van der Waals surface area contributed by atoms with Crippen LogP contribution in [0.15, 0.2) is 4.52 Å². The molecule has 1 aromatic rings. The maximum atomic E-state index is 5.86. The number of nitrogens with two attached hydrogens (primary N) is 1. The zero-order valence-corrected chi connectivity index (χ0v) is 11.0. The second-order valence-corrected chi connectivity index (χ2v) is 4.81. The van der Waals surface area contributed by atoms with Gasteiger partial charge in [-0.15, -0.1) is 0 Å². The van der Waals surface area contributed by atoms with E-state index in [0.29, 0.717) is 24.9 Å². The van der Waals surface area contributed by atoms with Gasteiger partial charge in [0.25, 0.3) is 5.95 Å². The lowest BCUT2D eigenvalue weighted by atomic mass is 10.2. The van der Waals surface area contributed by atoms with E-state index in [4.69, 9.17) is 15.0 Å². The second-order valence-electron chi connectivity index (χ2n) is 4.81. The molecule has 18 heavy (non-hydrogen) atoms. The van der Waals surface area contributed by atoms with Crippen LogP contribution in [0, 0.1) is 0 Å². The monoisotopic (exact) mass is 254 g/mol. The molecule has 1 aliphatic heterocycles. The van der Waals surface area contributed by atoms with Crippen molar-refractivity contribution in [1.82, 2.24) is 10.1 Å². The maximum absolute atomic E-state index is 5.86. The van der Waals surface area contributed by atoms with E-state index in [2.05, 4.69) is 15.0 Å². The quantitative estimate of drug-likeness (QED) is 0.843. The lowest BCUT2D eigenvalue weighted by Crippen LogP contribution is -2.28. The minimum absolute atomic E-state index is 0.0903. The van der Waals surface area contributed by atoms with E-state index in [9.17, 15) is 0 Å². The summed E-state index contributed by atoms with van der Waals surface area (Å²) in [6.07, 6.45) is 5.55. The Kier molecular flexibility index (Phi) is 4.95. The normalized spacial score (nSPS) is 18.7. The van der Waals surface area contributed by atoms with E-state index < -0.39 is 0 Å². The largest absolute Gasteiger partial charge is 0.383 e. The van der Waals surface area contributed by atoms with Crippen molar-refractivity contribution in [3.8, 4) is 0 Å². The molecular weight excluding hydrogens is 232 g/mol. The highest BCUT2D eigenvalue weighted by atomic mass is 16.5. The van der Waals surface area contributed by atoms with Gasteiger partial charge >= 0.3 is 0 Å². The first-order valence-electron chi connectivity index (χ1n) is 6.61. The molecule has 1 unspecified atom stereocenters. The second kappa shape index (κ2) is 6.70. The molecule has 2 N–H and O–H groups in total. The molecule has 102 valence electrons. The van der Waals surface area contributed by atoms with Crippen molar-refractivity contribution in [2.45, 2.75) is 38.1 Å². The van der Waals surface area contributed by atoms with Crippen molar-refractivity contribution in [3.63, 3.8) is 0 Å². The van der Waals surface area contributed by atoms with Crippen LogP contribution in [0.4, 0.5) is 5.95 Å². The number of ether oxygens (including phenoxy) is 1. The van der Waals surface area contributed by atoms with E-state index in [1.807, 2.05) is 0 Å². The summed E-state index contributed by atoms with van der Waals surface area (Å²) in [6.45, 7) is 2.54. The van der Waals surface area contributed by atoms with Crippen LogP contribution in [0.1, 0.15) is 31.6 Å². The van der Waals surface area contributed by atoms with E-state index in [1.165, 1.54) is 25.7 Å². The first-order chi connectivity index (χ1) is 8.79. The summed E-state index contributed by atoms with van der Waals surface area (Å²) in [7, 11) is 1.64. The fourth-order valence-corrected chi connectivity index (χ4v) is 2.23. The van der Waals surface area contributed by atoms with Gasteiger partial charge in [0.1, 0.15) is 0 Å². The summed E-state index contributed by atoms with van der Waals surface area (Å²) >= 11 is 0. The van der Waals surface area contributed by atoms with Crippen molar-refractivity contribution in [1.29, 1.82) is 0 Å². The smallest absolute Gasteiger partial charge is 0.266 e. The summed E-state index contributed by atoms with van der Waals surface area (Å²) < 4.78 is 10.2. The molecule has 0 aromatic carbocycles. The van der Waals surface area contributed by atoms with Crippen LogP contribution in [-0.4, -0.2) is 43.0 Å². The topological polar surface area (TPSA) is 77.4 Å². The molecule has 0 aliphatic carbocycles. The molecule has 1 atom stereocenters. The molecule has 1 aliphatic rings. The van der Waals surface area contributed by atoms with Gasteiger partial charge in [-0.3, -0.25) is 0 Å². The molecule has 0 radical (unpaired) electrons. The van der Waals surface area contributed by atoms with Crippen LogP contribution in [0.2, 0.25) is 0 Å². The van der Waals surface area contributed by atoms with Crippen LogP contribution in [0.3, 0.4) is 0 Å².